The summed E-state index contributed by atoms with van der Waals surface area (Å²) in [5.74, 6) is 0.502. The molecule has 1 heterocycles. The van der Waals surface area contributed by atoms with Crippen LogP contribution in [0.3, 0.4) is 0 Å². The summed E-state index contributed by atoms with van der Waals surface area (Å²) >= 11 is 5.09. The number of hydrogen-bond acceptors (Lipinski definition) is 4. The van der Waals surface area contributed by atoms with Gasteiger partial charge in [0, 0.05) is 12.1 Å². The van der Waals surface area contributed by atoms with Crippen molar-refractivity contribution in [3.8, 4) is 11.5 Å². The highest BCUT2D eigenvalue weighted by molar-refractivity contribution is 7.80. The van der Waals surface area contributed by atoms with Crippen molar-refractivity contribution in [3.05, 3.63) is 59.4 Å². The van der Waals surface area contributed by atoms with Crippen LogP contribution in [-0.4, -0.2) is 24.2 Å². The summed E-state index contributed by atoms with van der Waals surface area (Å²) in [6.07, 6.45) is 0. The van der Waals surface area contributed by atoms with E-state index in [-0.39, 0.29) is 16.8 Å². The molecule has 0 radical (unpaired) electrons. The molecule has 0 saturated heterocycles. The summed E-state index contributed by atoms with van der Waals surface area (Å²) in [6.45, 7) is 1.35. The number of hydrogen-bond donors (Lipinski definition) is 3. The van der Waals surface area contributed by atoms with Crippen LogP contribution in [0, 0.1) is 5.82 Å². The van der Waals surface area contributed by atoms with Crippen molar-refractivity contribution in [2.24, 2.45) is 0 Å². The number of carbonyl (C=O) groups excluding carboxylic acids is 1. The number of hydrazine groups is 1. The van der Waals surface area contributed by atoms with Gasteiger partial charge in [-0.2, -0.15) is 0 Å². The van der Waals surface area contributed by atoms with Crippen LogP contribution in [0.15, 0.2) is 42.5 Å². The minimum atomic E-state index is -0.358. The normalized spacial score (nSPS) is 12.2. The molecule has 6 nitrogen and oxygen atoms in total. The van der Waals surface area contributed by atoms with Crippen LogP contribution in [0.25, 0.3) is 0 Å². The Bertz CT molecular complexity index is 783. The first-order valence-electron chi connectivity index (χ1n) is 7.60. The second-order valence-corrected chi connectivity index (χ2v) is 5.65. The number of carbonyl (C=O) groups is 1. The standard InChI is InChI=1S/C17H16FN3O3S/c18-13-4-1-11(2-5-13)10-19-17(25)21-20-16(22)12-3-6-14-15(9-12)24-8-7-23-14/h1-6,9H,7-8,10H2,(H,20,22)(H2,19,21,25). The van der Waals surface area contributed by atoms with E-state index < -0.39 is 0 Å². The zero-order valence-corrected chi connectivity index (χ0v) is 14.0. The van der Waals surface area contributed by atoms with E-state index in [9.17, 15) is 9.18 Å². The fourth-order valence-electron chi connectivity index (χ4n) is 2.20. The van der Waals surface area contributed by atoms with Crippen molar-refractivity contribution < 1.29 is 18.7 Å². The average molecular weight is 361 g/mol. The molecule has 1 aliphatic rings. The molecule has 8 heteroatoms. The molecule has 0 bridgehead atoms. The van der Waals surface area contributed by atoms with Crippen LogP contribution in [0.2, 0.25) is 0 Å². The molecule has 2 aromatic rings. The molecule has 1 aliphatic heterocycles. The Labute approximate surface area is 149 Å². The van der Waals surface area contributed by atoms with E-state index in [1.807, 2.05) is 0 Å². The van der Waals surface area contributed by atoms with Crippen molar-refractivity contribution in [2.45, 2.75) is 6.54 Å². The van der Waals surface area contributed by atoms with Crippen LogP contribution >= 0.6 is 12.2 Å². The molecule has 2 aromatic carbocycles. The van der Waals surface area contributed by atoms with Crippen molar-refractivity contribution >= 4 is 23.2 Å². The van der Waals surface area contributed by atoms with Crippen molar-refractivity contribution in [2.75, 3.05) is 13.2 Å². The SMILES string of the molecule is O=C(NNC(=S)NCc1ccc(F)cc1)c1ccc2c(c1)OCCO2. The third kappa shape index (κ3) is 4.57. The van der Waals surface area contributed by atoms with Crippen molar-refractivity contribution in [1.29, 1.82) is 0 Å². The molecule has 0 atom stereocenters. The monoisotopic (exact) mass is 361 g/mol. The number of fused-ring (bicyclic) bond motifs is 1. The lowest BCUT2D eigenvalue weighted by Crippen LogP contribution is -2.46. The van der Waals surface area contributed by atoms with Gasteiger partial charge in [-0.25, -0.2) is 4.39 Å². The Morgan fingerprint density at radius 3 is 2.52 bits per heavy atom. The zero-order chi connectivity index (χ0) is 17.6. The molecule has 0 fully saturated rings. The van der Waals surface area contributed by atoms with Gasteiger partial charge in [0.25, 0.3) is 5.91 Å². The van der Waals surface area contributed by atoms with Crippen molar-refractivity contribution in [1.82, 2.24) is 16.2 Å². The topological polar surface area (TPSA) is 71.6 Å². The van der Waals surface area contributed by atoms with Gasteiger partial charge >= 0.3 is 0 Å². The second kappa shape index (κ2) is 7.80. The number of rotatable bonds is 3. The van der Waals surface area contributed by atoms with Crippen LogP contribution in [0.4, 0.5) is 4.39 Å². The van der Waals surface area contributed by atoms with Gasteiger partial charge < -0.3 is 14.8 Å². The summed E-state index contributed by atoms with van der Waals surface area (Å²) < 4.78 is 23.7. The van der Waals surface area contributed by atoms with Gasteiger partial charge in [0.2, 0.25) is 0 Å². The summed E-state index contributed by atoms with van der Waals surface area (Å²) in [5.41, 5.74) is 6.40. The quantitative estimate of drug-likeness (QED) is 0.573. The molecule has 3 N–H and O–H groups in total. The maximum absolute atomic E-state index is 12.8. The average Bonchev–Trinajstić information content (AvgIpc) is 2.65. The fraction of sp³-hybridized carbons (Fsp3) is 0.176. The van der Waals surface area contributed by atoms with E-state index >= 15 is 0 Å². The summed E-state index contributed by atoms with van der Waals surface area (Å²) in [7, 11) is 0. The summed E-state index contributed by atoms with van der Waals surface area (Å²) in [4.78, 5) is 12.1. The molecule has 0 spiro atoms. The van der Waals surface area contributed by atoms with E-state index in [2.05, 4.69) is 16.2 Å². The van der Waals surface area contributed by atoms with Crippen LogP contribution in [0.1, 0.15) is 15.9 Å². The molecule has 1 amide bonds. The van der Waals surface area contributed by atoms with Crippen LogP contribution in [-0.2, 0) is 6.54 Å². The predicted molar refractivity (Wildman–Crippen MR) is 93.9 cm³/mol. The second-order valence-electron chi connectivity index (χ2n) is 5.25. The lowest BCUT2D eigenvalue weighted by molar-refractivity contribution is 0.0942. The molecule has 0 unspecified atom stereocenters. The summed E-state index contributed by atoms with van der Waals surface area (Å²) in [5, 5.41) is 3.16. The number of halogens is 1. The molecular weight excluding hydrogens is 345 g/mol. The predicted octanol–water partition coefficient (Wildman–Crippen LogP) is 1.91. The largest absolute Gasteiger partial charge is 0.486 e. The highest BCUT2D eigenvalue weighted by Crippen LogP contribution is 2.30. The van der Waals surface area contributed by atoms with Gasteiger partial charge in [-0.1, -0.05) is 12.1 Å². The van der Waals surface area contributed by atoms with Gasteiger partial charge in [-0.3, -0.25) is 15.6 Å². The molecule has 0 aliphatic carbocycles. The van der Waals surface area contributed by atoms with E-state index in [0.29, 0.717) is 36.8 Å². The number of ether oxygens (including phenoxy) is 2. The van der Waals surface area contributed by atoms with Gasteiger partial charge in [0.1, 0.15) is 19.0 Å². The molecular formula is C17H16FN3O3S. The number of amides is 1. The van der Waals surface area contributed by atoms with Crippen LogP contribution in [0.5, 0.6) is 11.5 Å². The number of thiocarbonyl (C=S) groups is 1. The highest BCUT2D eigenvalue weighted by atomic mass is 32.1. The summed E-state index contributed by atoms with van der Waals surface area (Å²) in [6, 6.07) is 11.0. The maximum atomic E-state index is 12.8. The first-order valence-corrected chi connectivity index (χ1v) is 8.01. The Balaban J connectivity index is 1.48. The Kier molecular flexibility index (Phi) is 5.30. The highest BCUT2D eigenvalue weighted by Gasteiger charge is 2.14. The molecule has 3 rings (SSSR count). The maximum Gasteiger partial charge on any atom is 0.269 e. The molecule has 25 heavy (non-hydrogen) atoms. The lowest BCUT2D eigenvalue weighted by Gasteiger charge is -2.19. The Morgan fingerprint density at radius 1 is 1.04 bits per heavy atom. The lowest BCUT2D eigenvalue weighted by atomic mass is 10.2. The van der Waals surface area contributed by atoms with E-state index in [4.69, 9.17) is 21.7 Å². The van der Waals surface area contributed by atoms with Gasteiger partial charge in [0.15, 0.2) is 16.6 Å². The minimum Gasteiger partial charge on any atom is -0.486 e. The number of benzene rings is 2. The first-order chi connectivity index (χ1) is 12.1. The fourth-order valence-corrected chi connectivity index (χ4v) is 2.32. The third-order valence-electron chi connectivity index (χ3n) is 3.46. The minimum absolute atomic E-state index is 0.246. The van der Waals surface area contributed by atoms with Crippen molar-refractivity contribution in [3.63, 3.8) is 0 Å². The van der Waals surface area contributed by atoms with Gasteiger partial charge in [-0.15, -0.1) is 0 Å². The number of nitrogens with one attached hydrogen (secondary N) is 3. The van der Waals surface area contributed by atoms with E-state index in [1.165, 1.54) is 12.1 Å². The third-order valence-corrected chi connectivity index (χ3v) is 3.71. The first kappa shape index (κ1) is 17.0. The Morgan fingerprint density at radius 2 is 1.76 bits per heavy atom. The zero-order valence-electron chi connectivity index (χ0n) is 13.2. The van der Waals surface area contributed by atoms with E-state index in [1.54, 1.807) is 30.3 Å². The molecule has 130 valence electrons. The molecule has 0 saturated carbocycles. The van der Waals surface area contributed by atoms with Gasteiger partial charge in [0.05, 0.1) is 0 Å². The molecule has 0 aromatic heterocycles. The van der Waals surface area contributed by atoms with E-state index in [0.717, 1.165) is 5.56 Å². The van der Waals surface area contributed by atoms with Gasteiger partial charge in [-0.05, 0) is 48.1 Å². The Hall–Kier alpha value is -2.87. The van der Waals surface area contributed by atoms with Crippen LogP contribution < -0.4 is 25.6 Å². The smallest absolute Gasteiger partial charge is 0.269 e.